The van der Waals surface area contributed by atoms with E-state index in [0.717, 1.165) is 31.8 Å². The molecule has 0 heterocycles. The van der Waals surface area contributed by atoms with Crippen molar-refractivity contribution in [2.24, 2.45) is 5.92 Å². The number of nitrogens with one attached hydrogen (secondary N) is 1. The average Bonchev–Trinajstić information content (AvgIpc) is 2.45. The van der Waals surface area contributed by atoms with Crippen molar-refractivity contribution in [1.82, 2.24) is 5.32 Å². The second-order valence-electron chi connectivity index (χ2n) is 3.89. The highest BCUT2D eigenvalue weighted by atomic mass is 16.3. The first-order chi connectivity index (χ1) is 5.83. The largest absolute Gasteiger partial charge is 0.393 e. The predicted octanol–water partition coefficient (Wildman–Crippen LogP) is 1.54. The van der Waals surface area contributed by atoms with Crippen LogP contribution in [0.2, 0.25) is 0 Å². The van der Waals surface area contributed by atoms with Gasteiger partial charge in [0, 0.05) is 0 Å². The van der Waals surface area contributed by atoms with Gasteiger partial charge in [0.25, 0.3) is 0 Å². The van der Waals surface area contributed by atoms with E-state index in [2.05, 4.69) is 12.2 Å². The topological polar surface area (TPSA) is 32.3 Å². The van der Waals surface area contributed by atoms with Gasteiger partial charge in [0.15, 0.2) is 0 Å². The molecule has 0 spiro atoms. The standard InChI is InChI=1S/C10H21NO/c1-2-3-6-11-8-9-4-5-10(12)7-9/h9-12H,2-8H2,1H3. The summed E-state index contributed by atoms with van der Waals surface area (Å²) in [6, 6.07) is 0. The Kier molecular flexibility index (Phi) is 4.62. The smallest absolute Gasteiger partial charge is 0.0543 e. The highest BCUT2D eigenvalue weighted by Crippen LogP contribution is 2.24. The molecule has 0 aromatic heterocycles. The van der Waals surface area contributed by atoms with E-state index in [1.54, 1.807) is 0 Å². The summed E-state index contributed by atoms with van der Waals surface area (Å²) in [4.78, 5) is 0. The van der Waals surface area contributed by atoms with Crippen molar-refractivity contribution < 1.29 is 5.11 Å². The molecule has 72 valence electrons. The Morgan fingerprint density at radius 1 is 1.42 bits per heavy atom. The maximum atomic E-state index is 9.27. The van der Waals surface area contributed by atoms with Crippen LogP contribution in [-0.2, 0) is 0 Å². The molecule has 0 radical (unpaired) electrons. The summed E-state index contributed by atoms with van der Waals surface area (Å²) in [5.74, 6) is 0.733. The second-order valence-corrected chi connectivity index (χ2v) is 3.89. The summed E-state index contributed by atoms with van der Waals surface area (Å²) in [5.41, 5.74) is 0. The zero-order chi connectivity index (χ0) is 8.81. The minimum atomic E-state index is -0.0111. The first-order valence-corrected chi connectivity index (χ1v) is 5.21. The summed E-state index contributed by atoms with van der Waals surface area (Å²) in [5, 5.41) is 12.7. The summed E-state index contributed by atoms with van der Waals surface area (Å²) in [6.45, 7) is 4.46. The van der Waals surface area contributed by atoms with Crippen molar-refractivity contribution in [2.75, 3.05) is 13.1 Å². The zero-order valence-corrected chi connectivity index (χ0v) is 8.05. The first-order valence-electron chi connectivity index (χ1n) is 5.21. The SMILES string of the molecule is CCCCNCC1CCC(O)C1. The van der Waals surface area contributed by atoms with Gasteiger partial charge < -0.3 is 10.4 Å². The molecule has 1 rings (SSSR count). The average molecular weight is 171 g/mol. The number of hydrogen-bond acceptors (Lipinski definition) is 2. The molecule has 1 aliphatic rings. The molecule has 2 unspecified atom stereocenters. The van der Waals surface area contributed by atoms with Crippen LogP contribution in [0.15, 0.2) is 0 Å². The number of rotatable bonds is 5. The maximum Gasteiger partial charge on any atom is 0.0543 e. The Bertz CT molecular complexity index is 116. The van der Waals surface area contributed by atoms with Crippen molar-refractivity contribution in [2.45, 2.75) is 45.1 Å². The van der Waals surface area contributed by atoms with Crippen molar-refractivity contribution in [1.29, 1.82) is 0 Å². The van der Waals surface area contributed by atoms with Crippen LogP contribution in [0.1, 0.15) is 39.0 Å². The highest BCUT2D eigenvalue weighted by molar-refractivity contribution is 4.75. The van der Waals surface area contributed by atoms with Gasteiger partial charge in [-0.2, -0.15) is 0 Å². The van der Waals surface area contributed by atoms with Crippen molar-refractivity contribution >= 4 is 0 Å². The number of aliphatic hydroxyl groups is 1. The Balaban J connectivity index is 1.93. The van der Waals surface area contributed by atoms with Gasteiger partial charge in [-0.15, -0.1) is 0 Å². The predicted molar refractivity (Wildman–Crippen MR) is 51.1 cm³/mol. The fraction of sp³-hybridized carbons (Fsp3) is 1.00. The van der Waals surface area contributed by atoms with E-state index >= 15 is 0 Å². The van der Waals surface area contributed by atoms with Gasteiger partial charge in [-0.1, -0.05) is 13.3 Å². The lowest BCUT2D eigenvalue weighted by Crippen LogP contribution is -2.22. The van der Waals surface area contributed by atoms with Gasteiger partial charge in [-0.25, -0.2) is 0 Å². The van der Waals surface area contributed by atoms with Crippen LogP contribution in [0.25, 0.3) is 0 Å². The normalized spacial score (nSPS) is 29.5. The van der Waals surface area contributed by atoms with Crippen LogP contribution >= 0.6 is 0 Å². The Morgan fingerprint density at radius 2 is 2.25 bits per heavy atom. The van der Waals surface area contributed by atoms with Crippen molar-refractivity contribution in [3.8, 4) is 0 Å². The van der Waals surface area contributed by atoms with Gasteiger partial charge in [-0.05, 0) is 44.7 Å². The molecular formula is C10H21NO. The molecule has 12 heavy (non-hydrogen) atoms. The molecule has 1 fully saturated rings. The van der Waals surface area contributed by atoms with Crippen molar-refractivity contribution in [3.63, 3.8) is 0 Å². The van der Waals surface area contributed by atoms with E-state index in [1.165, 1.54) is 19.3 Å². The zero-order valence-electron chi connectivity index (χ0n) is 8.05. The van der Waals surface area contributed by atoms with Crippen molar-refractivity contribution in [3.05, 3.63) is 0 Å². The van der Waals surface area contributed by atoms with Gasteiger partial charge in [0.1, 0.15) is 0 Å². The Morgan fingerprint density at radius 3 is 2.83 bits per heavy atom. The van der Waals surface area contributed by atoms with Crippen LogP contribution in [0, 0.1) is 5.92 Å². The second kappa shape index (κ2) is 5.55. The quantitative estimate of drug-likeness (QED) is 0.615. The minimum Gasteiger partial charge on any atom is -0.393 e. The summed E-state index contributed by atoms with van der Waals surface area (Å²) in [6.07, 6.45) is 5.76. The molecule has 2 N–H and O–H groups in total. The molecule has 1 aliphatic carbocycles. The number of aliphatic hydroxyl groups excluding tert-OH is 1. The van der Waals surface area contributed by atoms with Crippen LogP contribution in [0.4, 0.5) is 0 Å². The van der Waals surface area contributed by atoms with E-state index < -0.39 is 0 Å². The lowest BCUT2D eigenvalue weighted by molar-refractivity contribution is 0.177. The molecule has 0 aliphatic heterocycles. The fourth-order valence-electron chi connectivity index (χ4n) is 1.84. The molecule has 1 saturated carbocycles. The van der Waals surface area contributed by atoms with Crippen LogP contribution < -0.4 is 5.32 Å². The Hall–Kier alpha value is -0.0800. The minimum absolute atomic E-state index is 0.0111. The Labute approximate surface area is 75.4 Å². The third kappa shape index (κ3) is 3.55. The third-order valence-corrected chi connectivity index (χ3v) is 2.65. The van der Waals surface area contributed by atoms with Gasteiger partial charge in [-0.3, -0.25) is 0 Å². The lowest BCUT2D eigenvalue weighted by Gasteiger charge is -2.09. The summed E-state index contributed by atoms with van der Waals surface area (Å²) < 4.78 is 0. The van der Waals surface area contributed by atoms with Crippen LogP contribution in [-0.4, -0.2) is 24.3 Å². The fourth-order valence-corrected chi connectivity index (χ4v) is 1.84. The first kappa shape index (κ1) is 10.0. The lowest BCUT2D eigenvalue weighted by atomic mass is 10.1. The van der Waals surface area contributed by atoms with Crippen LogP contribution in [0.3, 0.4) is 0 Å². The van der Waals surface area contributed by atoms with E-state index in [1.807, 2.05) is 0 Å². The van der Waals surface area contributed by atoms with Gasteiger partial charge >= 0.3 is 0 Å². The monoisotopic (exact) mass is 171 g/mol. The molecule has 0 amide bonds. The van der Waals surface area contributed by atoms with Gasteiger partial charge in [0.2, 0.25) is 0 Å². The molecule has 2 heteroatoms. The summed E-state index contributed by atoms with van der Waals surface area (Å²) in [7, 11) is 0. The van der Waals surface area contributed by atoms with E-state index in [9.17, 15) is 5.11 Å². The van der Waals surface area contributed by atoms with Gasteiger partial charge in [0.05, 0.1) is 6.10 Å². The molecule has 0 saturated heterocycles. The molecule has 0 bridgehead atoms. The molecule has 2 atom stereocenters. The van der Waals surface area contributed by atoms with E-state index in [-0.39, 0.29) is 6.10 Å². The maximum absolute atomic E-state index is 9.27. The third-order valence-electron chi connectivity index (χ3n) is 2.65. The number of hydrogen-bond donors (Lipinski definition) is 2. The highest BCUT2D eigenvalue weighted by Gasteiger charge is 2.21. The molecule has 2 nitrogen and oxygen atoms in total. The summed E-state index contributed by atoms with van der Waals surface area (Å²) >= 11 is 0. The molecule has 0 aromatic carbocycles. The van der Waals surface area contributed by atoms with E-state index in [0.29, 0.717) is 0 Å². The molecular weight excluding hydrogens is 150 g/mol. The molecule has 0 aromatic rings. The van der Waals surface area contributed by atoms with Crippen LogP contribution in [0.5, 0.6) is 0 Å². The van der Waals surface area contributed by atoms with E-state index in [4.69, 9.17) is 0 Å². The number of unbranched alkanes of at least 4 members (excludes halogenated alkanes) is 1.